The Kier molecular flexibility index (Phi) is 8.11. The number of hydrogen-bond acceptors (Lipinski definition) is 1. The molecule has 0 heterocycles. The maximum absolute atomic E-state index is 2.44. The van der Waals surface area contributed by atoms with E-state index in [1.165, 1.54) is 19.3 Å². The summed E-state index contributed by atoms with van der Waals surface area (Å²) in [7, 11) is 0. The van der Waals surface area contributed by atoms with E-state index in [4.69, 9.17) is 0 Å². The first kappa shape index (κ1) is 12.7. The molecule has 0 aromatic heterocycles. The summed E-state index contributed by atoms with van der Waals surface area (Å²) in [4.78, 5) is 2.44. The van der Waals surface area contributed by atoms with Crippen molar-refractivity contribution in [2.24, 2.45) is 0 Å². The zero-order valence-corrected chi connectivity index (χ0v) is 9.77. The van der Waals surface area contributed by atoms with E-state index in [-0.39, 0.29) is 0 Å². The minimum atomic E-state index is 1.13. The van der Waals surface area contributed by atoms with Crippen LogP contribution in [0.1, 0.15) is 47.0 Å². The van der Waals surface area contributed by atoms with Crippen molar-refractivity contribution in [1.82, 2.24) is 4.90 Å². The Morgan fingerprint density at radius 1 is 1.15 bits per heavy atom. The van der Waals surface area contributed by atoms with Gasteiger partial charge >= 0.3 is 0 Å². The van der Waals surface area contributed by atoms with Crippen molar-refractivity contribution in [2.45, 2.75) is 47.0 Å². The first-order valence-corrected chi connectivity index (χ1v) is 5.62. The van der Waals surface area contributed by atoms with E-state index in [1.54, 1.807) is 5.57 Å². The lowest BCUT2D eigenvalue weighted by atomic mass is 10.1. The smallest absolute Gasteiger partial charge is 0.0165 e. The average Bonchev–Trinajstić information content (AvgIpc) is 2.16. The normalized spacial score (nSPS) is 12.5. The second kappa shape index (κ2) is 8.31. The van der Waals surface area contributed by atoms with E-state index in [0.717, 1.165) is 19.6 Å². The maximum Gasteiger partial charge on any atom is 0.0165 e. The van der Waals surface area contributed by atoms with Crippen LogP contribution in [0.5, 0.6) is 0 Å². The van der Waals surface area contributed by atoms with Crippen molar-refractivity contribution < 1.29 is 0 Å². The van der Waals surface area contributed by atoms with E-state index in [0.29, 0.717) is 0 Å². The summed E-state index contributed by atoms with van der Waals surface area (Å²) >= 11 is 0. The van der Waals surface area contributed by atoms with E-state index < -0.39 is 0 Å². The van der Waals surface area contributed by atoms with Crippen molar-refractivity contribution in [3.8, 4) is 0 Å². The van der Waals surface area contributed by atoms with Gasteiger partial charge in [-0.1, -0.05) is 38.8 Å². The van der Waals surface area contributed by atoms with Gasteiger partial charge in [0.1, 0.15) is 0 Å². The highest BCUT2D eigenvalue weighted by atomic mass is 15.1. The maximum atomic E-state index is 2.44. The number of rotatable bonds is 7. The number of hydrogen-bond donors (Lipinski definition) is 0. The van der Waals surface area contributed by atoms with Crippen LogP contribution in [0.4, 0.5) is 0 Å². The Morgan fingerprint density at radius 2 is 1.77 bits per heavy atom. The molecule has 0 N–H and O–H groups in total. The van der Waals surface area contributed by atoms with Crippen LogP contribution in [0.2, 0.25) is 0 Å². The molecule has 0 fully saturated rings. The first-order valence-electron chi connectivity index (χ1n) is 5.62. The van der Waals surface area contributed by atoms with E-state index in [2.05, 4.69) is 38.7 Å². The monoisotopic (exact) mass is 183 g/mol. The molecule has 0 aliphatic carbocycles. The van der Waals surface area contributed by atoms with Gasteiger partial charge < -0.3 is 4.90 Å². The standard InChI is InChI=1S/C12H25N/c1-5-8-9-12(4)10-11-13(6-2)7-3/h10H,5-9,11H2,1-4H3. The van der Waals surface area contributed by atoms with Gasteiger partial charge in [0.05, 0.1) is 0 Å². The molecule has 1 nitrogen and oxygen atoms in total. The molecule has 0 spiro atoms. The van der Waals surface area contributed by atoms with Crippen molar-refractivity contribution in [3.63, 3.8) is 0 Å². The Bertz CT molecular complexity index is 134. The van der Waals surface area contributed by atoms with Gasteiger partial charge in [0.25, 0.3) is 0 Å². The third kappa shape index (κ3) is 6.83. The lowest BCUT2D eigenvalue weighted by molar-refractivity contribution is 0.336. The van der Waals surface area contributed by atoms with Gasteiger partial charge in [0, 0.05) is 6.54 Å². The van der Waals surface area contributed by atoms with E-state index in [1.807, 2.05) is 0 Å². The molecule has 0 amide bonds. The van der Waals surface area contributed by atoms with Crippen molar-refractivity contribution in [2.75, 3.05) is 19.6 Å². The predicted molar refractivity (Wildman–Crippen MR) is 61.1 cm³/mol. The highest BCUT2D eigenvalue weighted by molar-refractivity contribution is 4.99. The fourth-order valence-corrected chi connectivity index (χ4v) is 1.32. The minimum Gasteiger partial charge on any atom is -0.300 e. The summed E-state index contributed by atoms with van der Waals surface area (Å²) in [5, 5.41) is 0. The van der Waals surface area contributed by atoms with Gasteiger partial charge in [-0.2, -0.15) is 0 Å². The highest BCUT2D eigenvalue weighted by Gasteiger charge is 1.95. The molecule has 0 aliphatic heterocycles. The summed E-state index contributed by atoms with van der Waals surface area (Å²) in [5.41, 5.74) is 1.55. The molecule has 0 saturated carbocycles. The van der Waals surface area contributed by atoms with Gasteiger partial charge in [-0.25, -0.2) is 0 Å². The Balaban J connectivity index is 3.66. The number of likely N-dealkylation sites (N-methyl/N-ethyl adjacent to an activating group) is 1. The fraction of sp³-hybridized carbons (Fsp3) is 0.833. The summed E-state index contributed by atoms with van der Waals surface area (Å²) < 4.78 is 0. The van der Waals surface area contributed by atoms with E-state index in [9.17, 15) is 0 Å². The molecule has 0 bridgehead atoms. The van der Waals surface area contributed by atoms with Gasteiger partial charge in [0.15, 0.2) is 0 Å². The number of nitrogens with zero attached hydrogens (tertiary/aromatic N) is 1. The third-order valence-electron chi connectivity index (χ3n) is 2.52. The molecule has 0 saturated heterocycles. The minimum absolute atomic E-state index is 1.13. The zero-order valence-electron chi connectivity index (χ0n) is 9.77. The Labute approximate surface area is 83.8 Å². The van der Waals surface area contributed by atoms with E-state index >= 15 is 0 Å². The molecule has 13 heavy (non-hydrogen) atoms. The Hall–Kier alpha value is -0.300. The van der Waals surface area contributed by atoms with Crippen LogP contribution < -0.4 is 0 Å². The van der Waals surface area contributed by atoms with Crippen LogP contribution in [0.25, 0.3) is 0 Å². The molecule has 0 aromatic carbocycles. The van der Waals surface area contributed by atoms with Crippen LogP contribution >= 0.6 is 0 Å². The van der Waals surface area contributed by atoms with Crippen LogP contribution in [0.15, 0.2) is 11.6 Å². The van der Waals surface area contributed by atoms with Gasteiger partial charge in [-0.3, -0.25) is 0 Å². The lowest BCUT2D eigenvalue weighted by Crippen LogP contribution is -2.22. The molecule has 0 unspecified atom stereocenters. The second-order valence-electron chi connectivity index (χ2n) is 3.64. The first-order chi connectivity index (χ1) is 6.24. The summed E-state index contributed by atoms with van der Waals surface area (Å²) in [6.07, 6.45) is 6.29. The largest absolute Gasteiger partial charge is 0.300 e. The summed E-state index contributed by atoms with van der Waals surface area (Å²) in [6, 6.07) is 0. The van der Waals surface area contributed by atoms with Gasteiger partial charge in [-0.05, 0) is 32.9 Å². The van der Waals surface area contributed by atoms with Crippen LogP contribution in [0.3, 0.4) is 0 Å². The average molecular weight is 183 g/mol. The number of unbranched alkanes of at least 4 members (excludes halogenated alkanes) is 1. The van der Waals surface area contributed by atoms with Crippen molar-refractivity contribution in [1.29, 1.82) is 0 Å². The predicted octanol–water partition coefficient (Wildman–Crippen LogP) is 3.46. The molecule has 0 aromatic rings. The van der Waals surface area contributed by atoms with Crippen molar-refractivity contribution >= 4 is 0 Å². The molecule has 0 radical (unpaired) electrons. The topological polar surface area (TPSA) is 3.24 Å². The van der Waals surface area contributed by atoms with Crippen LogP contribution in [-0.4, -0.2) is 24.5 Å². The fourth-order valence-electron chi connectivity index (χ4n) is 1.32. The SMILES string of the molecule is CCCCC(C)=CCN(CC)CC. The zero-order chi connectivity index (χ0) is 10.1. The number of allylic oxidation sites excluding steroid dienone is 1. The van der Waals surface area contributed by atoms with Crippen LogP contribution in [-0.2, 0) is 0 Å². The summed E-state index contributed by atoms with van der Waals surface area (Å²) in [5.74, 6) is 0. The molecule has 1 heteroatoms. The lowest BCUT2D eigenvalue weighted by Gasteiger charge is -2.15. The highest BCUT2D eigenvalue weighted by Crippen LogP contribution is 2.05. The van der Waals surface area contributed by atoms with Gasteiger partial charge in [0.2, 0.25) is 0 Å². The molecule has 0 aliphatic rings. The quantitative estimate of drug-likeness (QED) is 0.546. The van der Waals surface area contributed by atoms with Crippen LogP contribution in [0, 0.1) is 0 Å². The molecular formula is C12H25N. The third-order valence-corrected chi connectivity index (χ3v) is 2.52. The summed E-state index contributed by atoms with van der Waals surface area (Å²) in [6.45, 7) is 12.4. The van der Waals surface area contributed by atoms with Gasteiger partial charge in [-0.15, -0.1) is 0 Å². The molecule has 0 rings (SSSR count). The molecule has 0 atom stereocenters. The molecule has 78 valence electrons. The Morgan fingerprint density at radius 3 is 2.23 bits per heavy atom. The molecular weight excluding hydrogens is 158 g/mol. The van der Waals surface area contributed by atoms with Crippen molar-refractivity contribution in [3.05, 3.63) is 11.6 Å². The second-order valence-corrected chi connectivity index (χ2v) is 3.64.